The SMILES string of the molecule is COc1ccc(CNC2=NC(=O)/C(=C/c3ccc4ncccc4n3)N2)cc1C. The molecule has 0 atom stereocenters. The van der Waals surface area contributed by atoms with Crippen molar-refractivity contribution in [3.63, 3.8) is 0 Å². The molecule has 0 aliphatic carbocycles. The van der Waals surface area contributed by atoms with Crippen molar-refractivity contribution in [3.05, 3.63) is 71.2 Å². The van der Waals surface area contributed by atoms with Crippen LogP contribution in [-0.2, 0) is 11.3 Å². The third-order valence-electron chi connectivity index (χ3n) is 4.39. The minimum atomic E-state index is -0.332. The van der Waals surface area contributed by atoms with Crippen LogP contribution in [-0.4, -0.2) is 28.9 Å². The molecule has 1 aliphatic rings. The molecule has 0 unspecified atom stereocenters. The number of methoxy groups -OCH3 is 1. The molecule has 0 fully saturated rings. The average molecular weight is 373 g/mol. The molecule has 1 aromatic carbocycles. The number of aryl methyl sites for hydroxylation is 1. The highest BCUT2D eigenvalue weighted by Gasteiger charge is 2.20. The molecule has 3 aromatic rings. The van der Waals surface area contributed by atoms with Gasteiger partial charge in [0.1, 0.15) is 11.4 Å². The highest BCUT2D eigenvalue weighted by atomic mass is 16.5. The molecular formula is C21H19N5O2. The van der Waals surface area contributed by atoms with E-state index in [-0.39, 0.29) is 5.91 Å². The van der Waals surface area contributed by atoms with E-state index < -0.39 is 0 Å². The number of nitrogens with one attached hydrogen (secondary N) is 2. The Hall–Kier alpha value is -3.74. The van der Waals surface area contributed by atoms with Gasteiger partial charge in [-0.15, -0.1) is 0 Å². The van der Waals surface area contributed by atoms with Gasteiger partial charge >= 0.3 is 0 Å². The first-order chi connectivity index (χ1) is 13.6. The molecular weight excluding hydrogens is 354 g/mol. The number of pyridine rings is 2. The Bertz CT molecular complexity index is 1120. The van der Waals surface area contributed by atoms with Gasteiger partial charge in [0, 0.05) is 12.7 Å². The van der Waals surface area contributed by atoms with Crippen LogP contribution in [0.5, 0.6) is 5.75 Å². The molecule has 0 saturated carbocycles. The van der Waals surface area contributed by atoms with E-state index >= 15 is 0 Å². The Morgan fingerprint density at radius 2 is 2.07 bits per heavy atom. The fourth-order valence-electron chi connectivity index (χ4n) is 2.99. The zero-order chi connectivity index (χ0) is 19.5. The highest BCUT2D eigenvalue weighted by Crippen LogP contribution is 2.18. The summed E-state index contributed by atoms with van der Waals surface area (Å²) in [4.78, 5) is 25.0. The van der Waals surface area contributed by atoms with E-state index in [2.05, 4.69) is 25.6 Å². The Labute approximate surface area is 162 Å². The van der Waals surface area contributed by atoms with Crippen LogP contribution in [0.1, 0.15) is 16.8 Å². The topological polar surface area (TPSA) is 88.5 Å². The molecule has 140 valence electrons. The van der Waals surface area contributed by atoms with Crippen molar-refractivity contribution in [2.75, 3.05) is 7.11 Å². The number of hydrogen-bond acceptors (Lipinski definition) is 6. The Morgan fingerprint density at radius 3 is 2.89 bits per heavy atom. The maximum absolute atomic E-state index is 12.2. The number of nitrogens with zero attached hydrogens (tertiary/aromatic N) is 3. The molecule has 0 radical (unpaired) electrons. The molecule has 1 amide bonds. The van der Waals surface area contributed by atoms with Gasteiger partial charge in [0.25, 0.3) is 5.91 Å². The number of aliphatic imine (C=N–C) groups is 1. The third kappa shape index (κ3) is 3.68. The average Bonchev–Trinajstić information content (AvgIpc) is 3.05. The quantitative estimate of drug-likeness (QED) is 0.684. The van der Waals surface area contributed by atoms with E-state index in [9.17, 15) is 4.79 Å². The molecule has 0 saturated heterocycles. The van der Waals surface area contributed by atoms with E-state index in [0.717, 1.165) is 27.9 Å². The number of rotatable bonds is 4. The van der Waals surface area contributed by atoms with Gasteiger partial charge in [0.05, 0.1) is 23.8 Å². The molecule has 1 aliphatic heterocycles. The molecule has 28 heavy (non-hydrogen) atoms. The van der Waals surface area contributed by atoms with Crippen molar-refractivity contribution in [2.24, 2.45) is 4.99 Å². The lowest BCUT2D eigenvalue weighted by molar-refractivity contribution is -0.114. The molecule has 4 rings (SSSR count). The third-order valence-corrected chi connectivity index (χ3v) is 4.39. The maximum atomic E-state index is 12.2. The lowest BCUT2D eigenvalue weighted by Gasteiger charge is -2.09. The first-order valence-corrected chi connectivity index (χ1v) is 8.83. The zero-order valence-corrected chi connectivity index (χ0v) is 15.6. The predicted molar refractivity (Wildman–Crippen MR) is 108 cm³/mol. The number of amides is 1. The standard InChI is InChI=1S/C21H19N5O2/c1-13-10-14(5-8-19(13)28-2)12-23-21-25-18(20(27)26-21)11-15-6-7-16-17(24-15)4-3-9-22-16/h3-11H,12H2,1-2H3,(H2,23,25,26,27)/b18-11-. The van der Waals surface area contributed by atoms with E-state index in [1.54, 1.807) is 19.4 Å². The smallest absolute Gasteiger partial charge is 0.296 e. The Morgan fingerprint density at radius 1 is 1.18 bits per heavy atom. The minimum absolute atomic E-state index is 0.332. The van der Waals surface area contributed by atoms with E-state index in [1.165, 1.54) is 0 Å². The van der Waals surface area contributed by atoms with Crippen LogP contribution in [0.4, 0.5) is 0 Å². The number of aromatic nitrogens is 2. The molecule has 7 nitrogen and oxygen atoms in total. The van der Waals surface area contributed by atoms with E-state index in [4.69, 9.17) is 4.74 Å². The fourth-order valence-corrected chi connectivity index (χ4v) is 2.99. The van der Waals surface area contributed by atoms with Crippen LogP contribution in [0.3, 0.4) is 0 Å². The van der Waals surface area contributed by atoms with Crippen molar-refractivity contribution in [2.45, 2.75) is 13.5 Å². The first kappa shape index (κ1) is 17.7. The summed E-state index contributed by atoms with van der Waals surface area (Å²) in [7, 11) is 1.65. The summed E-state index contributed by atoms with van der Waals surface area (Å²) >= 11 is 0. The number of guanidine groups is 1. The number of fused-ring (bicyclic) bond motifs is 1. The second-order valence-corrected chi connectivity index (χ2v) is 6.38. The first-order valence-electron chi connectivity index (χ1n) is 8.83. The number of benzene rings is 1. The number of carbonyl (C=O) groups excluding carboxylic acids is 1. The van der Waals surface area contributed by atoms with Crippen molar-refractivity contribution in [1.82, 2.24) is 20.6 Å². The largest absolute Gasteiger partial charge is 0.496 e. The predicted octanol–water partition coefficient (Wildman–Crippen LogP) is 2.56. The summed E-state index contributed by atoms with van der Waals surface area (Å²) in [6.07, 6.45) is 3.41. The number of ether oxygens (including phenoxy) is 1. The maximum Gasteiger partial charge on any atom is 0.296 e. The van der Waals surface area contributed by atoms with E-state index in [0.29, 0.717) is 23.9 Å². The van der Waals surface area contributed by atoms with Crippen LogP contribution >= 0.6 is 0 Å². The van der Waals surface area contributed by atoms with Crippen LogP contribution < -0.4 is 15.4 Å². The number of hydrogen-bond donors (Lipinski definition) is 2. The van der Waals surface area contributed by atoms with E-state index in [1.807, 2.05) is 49.4 Å². The summed E-state index contributed by atoms with van der Waals surface area (Å²) < 4.78 is 5.27. The summed E-state index contributed by atoms with van der Waals surface area (Å²) in [6.45, 7) is 2.53. The van der Waals surface area contributed by atoms with Crippen LogP contribution in [0, 0.1) is 6.92 Å². The van der Waals surface area contributed by atoms with Gasteiger partial charge in [-0.05, 0) is 54.5 Å². The summed E-state index contributed by atoms with van der Waals surface area (Å²) in [5, 5.41) is 6.16. The van der Waals surface area contributed by atoms with Crippen molar-refractivity contribution in [1.29, 1.82) is 0 Å². The lowest BCUT2D eigenvalue weighted by Crippen LogP contribution is -2.32. The molecule has 3 heterocycles. The molecule has 2 aromatic heterocycles. The zero-order valence-electron chi connectivity index (χ0n) is 15.6. The molecule has 0 bridgehead atoms. The van der Waals surface area contributed by atoms with Gasteiger partial charge in [-0.25, -0.2) is 4.98 Å². The number of carbonyl (C=O) groups is 1. The lowest BCUT2D eigenvalue weighted by atomic mass is 10.1. The van der Waals surface area contributed by atoms with Gasteiger partial charge in [0.2, 0.25) is 5.96 Å². The van der Waals surface area contributed by atoms with Crippen molar-refractivity contribution < 1.29 is 9.53 Å². The van der Waals surface area contributed by atoms with Crippen LogP contribution in [0.25, 0.3) is 17.1 Å². The van der Waals surface area contributed by atoms with Gasteiger partial charge in [-0.1, -0.05) is 12.1 Å². The summed E-state index contributed by atoms with van der Waals surface area (Å²) in [5.74, 6) is 0.937. The molecule has 2 N–H and O–H groups in total. The monoisotopic (exact) mass is 373 g/mol. The van der Waals surface area contributed by atoms with Crippen molar-refractivity contribution >= 4 is 29.0 Å². The van der Waals surface area contributed by atoms with Gasteiger partial charge < -0.3 is 15.4 Å². The van der Waals surface area contributed by atoms with Gasteiger partial charge in [-0.3, -0.25) is 9.78 Å². The van der Waals surface area contributed by atoms with Crippen molar-refractivity contribution in [3.8, 4) is 5.75 Å². The summed E-state index contributed by atoms with van der Waals surface area (Å²) in [6, 6.07) is 13.3. The highest BCUT2D eigenvalue weighted by molar-refractivity contribution is 6.12. The van der Waals surface area contributed by atoms with Crippen LogP contribution in [0.2, 0.25) is 0 Å². The molecule has 0 spiro atoms. The Kier molecular flexibility index (Phi) is 4.72. The minimum Gasteiger partial charge on any atom is -0.496 e. The van der Waals surface area contributed by atoms with Gasteiger partial charge in [0.15, 0.2) is 0 Å². The summed E-state index contributed by atoms with van der Waals surface area (Å²) in [5.41, 5.74) is 4.75. The second-order valence-electron chi connectivity index (χ2n) is 6.38. The van der Waals surface area contributed by atoms with Gasteiger partial charge in [-0.2, -0.15) is 4.99 Å². The van der Waals surface area contributed by atoms with Crippen LogP contribution in [0.15, 0.2) is 59.4 Å². The molecule has 7 heteroatoms. The normalized spacial score (nSPS) is 14.9. The second kappa shape index (κ2) is 7.48. The Balaban J connectivity index is 1.44. The fraction of sp³-hybridized carbons (Fsp3) is 0.143.